The highest BCUT2D eigenvalue weighted by Crippen LogP contribution is 2.38. The molecule has 2 aliphatic heterocycles. The summed E-state index contributed by atoms with van der Waals surface area (Å²) in [5.74, 6) is 3.22. The summed E-state index contributed by atoms with van der Waals surface area (Å²) < 4.78 is 35.2. The molecule has 6 aromatic rings. The van der Waals surface area contributed by atoms with Crippen molar-refractivity contribution in [2.24, 2.45) is 0 Å². The van der Waals surface area contributed by atoms with Crippen LogP contribution < -0.4 is 60.3 Å². The SMILES string of the molecule is CCC(CC)NC(=O)Nc1ccc(Oc2cnc(NC(=O)c3ccc(OC4CCN(C)CC4)cc3)s2)c(OC)c1.CCCCN1CCC(Oc2ccc(C(=O)Nc3ccc(Oc4ccc(NC(=O)NC(CC)CC)cc4OC)cc3)cc2Cl)CC1. The number of likely N-dealkylation sites (tertiary alicyclic amines) is 2. The minimum absolute atomic E-state index is 0.118. The Bertz CT molecular complexity index is 3090. The highest BCUT2D eigenvalue weighted by atomic mass is 35.5. The van der Waals surface area contributed by atoms with Gasteiger partial charge in [-0.05, 0) is 162 Å². The average Bonchev–Trinajstić information content (AvgIpc) is 4.22. The van der Waals surface area contributed by atoms with Crippen molar-refractivity contribution in [3.8, 4) is 45.3 Å². The number of amides is 6. The molecule has 85 heavy (non-hydrogen) atoms. The van der Waals surface area contributed by atoms with Crippen molar-refractivity contribution in [3.05, 3.63) is 125 Å². The first kappa shape index (κ1) is 64.8. The van der Waals surface area contributed by atoms with Crippen molar-refractivity contribution in [3.63, 3.8) is 0 Å². The van der Waals surface area contributed by atoms with Crippen molar-refractivity contribution >= 4 is 69.0 Å². The molecule has 21 heteroatoms. The predicted octanol–water partition coefficient (Wildman–Crippen LogP) is 14.3. The van der Waals surface area contributed by atoms with Crippen molar-refractivity contribution in [1.82, 2.24) is 25.4 Å². The fourth-order valence-electron chi connectivity index (χ4n) is 9.46. The lowest BCUT2D eigenvalue weighted by atomic mass is 10.1. The highest BCUT2D eigenvalue weighted by Gasteiger charge is 2.23. The van der Waals surface area contributed by atoms with E-state index >= 15 is 0 Å². The Balaban J connectivity index is 0.000000245. The van der Waals surface area contributed by atoms with Gasteiger partial charge in [-0.15, -0.1) is 0 Å². The number of piperidine rings is 2. The summed E-state index contributed by atoms with van der Waals surface area (Å²) in [6.45, 7) is 15.6. The number of rotatable bonds is 25. The van der Waals surface area contributed by atoms with Crippen LogP contribution in [0.15, 0.2) is 109 Å². The number of aromatic nitrogens is 1. The third kappa shape index (κ3) is 20.2. The summed E-state index contributed by atoms with van der Waals surface area (Å²) in [7, 11) is 5.18. The highest BCUT2D eigenvalue weighted by molar-refractivity contribution is 7.17. The summed E-state index contributed by atoms with van der Waals surface area (Å²) in [5, 5.41) is 18.5. The van der Waals surface area contributed by atoms with E-state index in [1.165, 1.54) is 44.6 Å². The number of ether oxygens (including phenoxy) is 6. The Morgan fingerprint density at radius 2 is 1.08 bits per heavy atom. The second-order valence-electron chi connectivity index (χ2n) is 20.9. The summed E-state index contributed by atoms with van der Waals surface area (Å²) in [4.78, 5) is 59.3. The van der Waals surface area contributed by atoms with Gasteiger partial charge in [0.1, 0.15) is 29.5 Å². The standard InChI is InChI=1S/C35H45ClN4O5.C29H37N5O5S/c1-5-8-19-40-20-17-29(18-21-40)44-31-15-9-24(22-30(31)36)34(41)37-26-10-13-28(14-11-26)45-32-16-12-27(23-33(32)43-4)39-35(42)38-25(6-2)7-3;1-5-20(6-2)31-28(36)32-21-9-12-24(25(17-21)37-4)39-26-18-30-29(40-26)33-27(35)19-7-10-22(11-8-19)38-23-13-15-34(3)16-14-23/h9-16,22-23,25,29H,5-8,17-21H2,1-4H3,(H,37,41)(H2,38,39,42);7-12,17-18,20,23H,5-6,13-16H2,1-4H3,(H,30,33,35)(H2,31,32,36). The van der Waals surface area contributed by atoms with Gasteiger partial charge in [0, 0.05) is 78.6 Å². The molecule has 6 N–H and O–H groups in total. The molecule has 8 rings (SSSR count). The van der Waals surface area contributed by atoms with Gasteiger partial charge in [-0.3, -0.25) is 14.9 Å². The Morgan fingerprint density at radius 1 is 0.576 bits per heavy atom. The lowest BCUT2D eigenvalue weighted by Crippen LogP contribution is -2.38. The maximum atomic E-state index is 13.0. The molecule has 456 valence electrons. The van der Waals surface area contributed by atoms with E-state index in [1.807, 2.05) is 39.8 Å². The Kier molecular flexibility index (Phi) is 25.2. The number of carbonyl (C=O) groups is 4. The van der Waals surface area contributed by atoms with Gasteiger partial charge in [0.25, 0.3) is 11.8 Å². The first-order chi connectivity index (χ1) is 41.2. The molecule has 0 bridgehead atoms. The monoisotopic (exact) mass is 1200 g/mol. The number of halogens is 1. The third-order valence-electron chi connectivity index (χ3n) is 14.7. The average molecular weight is 1200 g/mol. The number of thiazole rings is 1. The van der Waals surface area contributed by atoms with E-state index in [0.717, 1.165) is 89.8 Å². The maximum absolute atomic E-state index is 13.0. The number of methoxy groups -OCH3 is 2. The van der Waals surface area contributed by atoms with E-state index in [-0.39, 0.29) is 48.2 Å². The Hall–Kier alpha value is -7.78. The molecule has 0 aliphatic carbocycles. The van der Waals surface area contributed by atoms with Gasteiger partial charge in [0.05, 0.1) is 25.4 Å². The second kappa shape index (κ2) is 33.1. The zero-order valence-corrected chi connectivity index (χ0v) is 51.6. The molecule has 0 atom stereocenters. The summed E-state index contributed by atoms with van der Waals surface area (Å²) >= 11 is 7.71. The number of urea groups is 2. The molecule has 2 saturated heterocycles. The van der Waals surface area contributed by atoms with Gasteiger partial charge in [0.2, 0.25) is 5.06 Å². The molecule has 3 heterocycles. The summed E-state index contributed by atoms with van der Waals surface area (Å²) in [6.07, 6.45) is 11.7. The van der Waals surface area contributed by atoms with Gasteiger partial charge >= 0.3 is 12.1 Å². The number of carbonyl (C=O) groups excluding carboxylic acids is 4. The van der Waals surface area contributed by atoms with Crippen LogP contribution in [0.3, 0.4) is 0 Å². The number of hydrogen-bond acceptors (Lipinski definition) is 14. The molecule has 0 unspecified atom stereocenters. The molecule has 5 aromatic carbocycles. The van der Waals surface area contributed by atoms with Gasteiger partial charge in [-0.1, -0.05) is 64.0 Å². The van der Waals surface area contributed by atoms with Gasteiger partial charge in [-0.2, -0.15) is 0 Å². The smallest absolute Gasteiger partial charge is 0.319 e. The lowest BCUT2D eigenvalue weighted by molar-refractivity contribution is 0.0996. The van der Waals surface area contributed by atoms with Gasteiger partial charge < -0.3 is 64.8 Å². The second-order valence-corrected chi connectivity index (χ2v) is 22.3. The van der Waals surface area contributed by atoms with Crippen LogP contribution in [0.5, 0.6) is 45.3 Å². The van der Waals surface area contributed by atoms with Crippen LogP contribution in [-0.2, 0) is 0 Å². The van der Waals surface area contributed by atoms with Crippen molar-refractivity contribution in [2.75, 3.05) is 75.3 Å². The van der Waals surface area contributed by atoms with E-state index in [1.54, 1.807) is 91.0 Å². The number of nitrogens with zero attached hydrogens (tertiary/aromatic N) is 3. The predicted molar refractivity (Wildman–Crippen MR) is 338 cm³/mol. The van der Waals surface area contributed by atoms with Crippen molar-refractivity contribution in [1.29, 1.82) is 0 Å². The van der Waals surface area contributed by atoms with Crippen molar-refractivity contribution in [2.45, 2.75) is 123 Å². The van der Waals surface area contributed by atoms with Crippen molar-refractivity contribution < 1.29 is 47.6 Å². The van der Waals surface area contributed by atoms with Crippen LogP contribution in [0.25, 0.3) is 0 Å². The van der Waals surface area contributed by atoms with Crippen LogP contribution in [-0.4, -0.2) is 117 Å². The third-order valence-corrected chi connectivity index (χ3v) is 15.8. The number of nitrogens with one attached hydrogen (secondary N) is 6. The summed E-state index contributed by atoms with van der Waals surface area (Å²) in [5.41, 5.74) is 2.71. The fourth-order valence-corrected chi connectivity index (χ4v) is 10.4. The van der Waals surface area contributed by atoms with Gasteiger partial charge in [0.15, 0.2) is 28.1 Å². The van der Waals surface area contributed by atoms with Crippen LogP contribution in [0.1, 0.15) is 120 Å². The van der Waals surface area contributed by atoms with E-state index in [0.29, 0.717) is 77.9 Å². The minimum atomic E-state index is -0.278. The van der Waals surface area contributed by atoms with Crippen LogP contribution in [0, 0.1) is 0 Å². The summed E-state index contributed by atoms with van der Waals surface area (Å²) in [6, 6.07) is 29.3. The molecule has 6 amide bonds. The van der Waals surface area contributed by atoms with Crippen LogP contribution >= 0.6 is 22.9 Å². The molecule has 1 aromatic heterocycles. The quantitative estimate of drug-likeness (QED) is 0.0315. The molecular formula is C64H82ClN9O10S. The van der Waals surface area contributed by atoms with Crippen LogP contribution in [0.2, 0.25) is 5.02 Å². The molecule has 0 saturated carbocycles. The van der Waals surface area contributed by atoms with Gasteiger partial charge in [-0.25, -0.2) is 14.6 Å². The zero-order chi connectivity index (χ0) is 60.7. The largest absolute Gasteiger partial charge is 0.493 e. The first-order valence-corrected chi connectivity index (χ1v) is 30.6. The molecule has 19 nitrogen and oxygen atoms in total. The van der Waals surface area contributed by atoms with E-state index in [9.17, 15) is 19.2 Å². The molecule has 0 radical (unpaired) electrons. The molecular weight excluding hydrogens is 1120 g/mol. The minimum Gasteiger partial charge on any atom is -0.493 e. The molecule has 2 fully saturated rings. The number of anilines is 4. The van der Waals surface area contributed by atoms with E-state index < -0.39 is 0 Å². The Labute approximate surface area is 508 Å². The van der Waals surface area contributed by atoms with E-state index in [2.05, 4.69) is 60.7 Å². The number of unbranched alkanes of at least 4 members (excludes halogenated alkanes) is 1. The zero-order valence-electron chi connectivity index (χ0n) is 50.0. The lowest BCUT2D eigenvalue weighted by Gasteiger charge is -2.32. The van der Waals surface area contributed by atoms with E-state index in [4.69, 9.17) is 40.0 Å². The molecule has 0 spiro atoms. The van der Waals surface area contributed by atoms with Crippen LogP contribution in [0.4, 0.5) is 31.8 Å². The normalized spacial score (nSPS) is 13.9. The first-order valence-electron chi connectivity index (χ1n) is 29.4. The number of benzene rings is 5. The fraction of sp³-hybridized carbons (Fsp3) is 0.422. The molecule has 2 aliphatic rings. The Morgan fingerprint density at radius 3 is 1.64 bits per heavy atom. The number of hydrogen-bond donors (Lipinski definition) is 6. The topological polar surface area (TPSA) is 215 Å². The maximum Gasteiger partial charge on any atom is 0.319 e.